The predicted molar refractivity (Wildman–Crippen MR) is 62.6 cm³/mol. The average Bonchev–Trinajstić information content (AvgIpc) is 2.87. The number of rotatable bonds is 4. The maximum atomic E-state index is 9.97. The number of aromatic nitrogens is 3. The molecule has 2 aromatic rings. The van der Waals surface area contributed by atoms with Crippen LogP contribution in [0.1, 0.15) is 25.1 Å². The van der Waals surface area contributed by atoms with Crippen molar-refractivity contribution in [3.05, 3.63) is 42.2 Å². The van der Waals surface area contributed by atoms with Crippen molar-refractivity contribution >= 4 is 0 Å². The molecule has 0 amide bonds. The van der Waals surface area contributed by atoms with Gasteiger partial charge in [0.2, 0.25) is 0 Å². The van der Waals surface area contributed by atoms with Gasteiger partial charge in [-0.05, 0) is 18.6 Å². The monoisotopic (exact) mass is 233 g/mol. The minimum absolute atomic E-state index is 0.473. The van der Waals surface area contributed by atoms with Crippen molar-refractivity contribution in [1.82, 2.24) is 15.0 Å². The van der Waals surface area contributed by atoms with Crippen molar-refractivity contribution in [3.8, 4) is 5.69 Å². The van der Waals surface area contributed by atoms with Crippen LogP contribution in [0.2, 0.25) is 0 Å². The van der Waals surface area contributed by atoms with Crippen molar-refractivity contribution in [2.24, 2.45) is 0 Å². The van der Waals surface area contributed by atoms with E-state index in [4.69, 9.17) is 0 Å². The van der Waals surface area contributed by atoms with Crippen LogP contribution in [0.4, 0.5) is 0 Å². The molecule has 90 valence electrons. The second-order valence-corrected chi connectivity index (χ2v) is 3.83. The molecule has 2 rings (SSSR count). The Kier molecular flexibility index (Phi) is 3.51. The Bertz CT molecular complexity index is 470. The van der Waals surface area contributed by atoms with Crippen molar-refractivity contribution in [2.45, 2.75) is 25.6 Å². The second kappa shape index (κ2) is 5.07. The first kappa shape index (κ1) is 11.8. The lowest BCUT2D eigenvalue weighted by atomic mass is 10.1. The molecule has 0 saturated heterocycles. The summed E-state index contributed by atoms with van der Waals surface area (Å²) in [6.45, 7) is 1.81. The Balaban J connectivity index is 2.35. The summed E-state index contributed by atoms with van der Waals surface area (Å²) in [4.78, 5) is 0. The summed E-state index contributed by atoms with van der Waals surface area (Å²) in [6.07, 6.45) is 0.156. The van der Waals surface area contributed by atoms with Gasteiger partial charge in [-0.2, -0.15) is 0 Å². The Hall–Kier alpha value is -1.72. The molecule has 0 spiro atoms. The van der Waals surface area contributed by atoms with Crippen LogP contribution in [-0.4, -0.2) is 31.3 Å². The lowest BCUT2D eigenvalue weighted by molar-refractivity contribution is 0.0125. The number of para-hydroxylation sites is 1. The summed E-state index contributed by atoms with van der Waals surface area (Å²) in [6, 6.07) is 9.39. The summed E-state index contributed by atoms with van der Waals surface area (Å²) in [5, 5.41) is 27.3. The molecule has 0 aliphatic rings. The fourth-order valence-electron chi connectivity index (χ4n) is 1.63. The Morgan fingerprint density at radius 3 is 2.59 bits per heavy atom. The highest BCUT2D eigenvalue weighted by Crippen LogP contribution is 2.20. The molecule has 2 atom stereocenters. The van der Waals surface area contributed by atoms with Gasteiger partial charge in [0, 0.05) is 0 Å². The molecule has 0 aliphatic carbocycles. The predicted octanol–water partition coefficient (Wildman–Crippen LogP) is 1.07. The zero-order chi connectivity index (χ0) is 12.3. The highest BCUT2D eigenvalue weighted by atomic mass is 16.3. The minimum atomic E-state index is -0.977. The normalized spacial score (nSPS) is 14.5. The summed E-state index contributed by atoms with van der Waals surface area (Å²) in [5.74, 6) is 0. The van der Waals surface area contributed by atoms with Crippen LogP contribution < -0.4 is 0 Å². The summed E-state index contributed by atoms with van der Waals surface area (Å²) in [5.41, 5.74) is 1.30. The van der Waals surface area contributed by atoms with E-state index in [-0.39, 0.29) is 0 Å². The Morgan fingerprint density at radius 2 is 1.94 bits per heavy atom. The fourth-order valence-corrected chi connectivity index (χ4v) is 1.63. The fraction of sp³-hybridized carbons (Fsp3) is 0.333. The van der Waals surface area contributed by atoms with Crippen LogP contribution in [0.3, 0.4) is 0 Å². The van der Waals surface area contributed by atoms with Gasteiger partial charge in [0.25, 0.3) is 0 Å². The first-order valence-electron chi connectivity index (χ1n) is 5.56. The number of aliphatic hydroxyl groups is 2. The molecule has 0 radical (unpaired) electrons. The van der Waals surface area contributed by atoms with E-state index in [1.807, 2.05) is 37.3 Å². The minimum Gasteiger partial charge on any atom is -0.390 e. The molecule has 2 unspecified atom stereocenters. The molecular formula is C12H15N3O2. The van der Waals surface area contributed by atoms with Gasteiger partial charge in [0.1, 0.15) is 6.10 Å². The summed E-state index contributed by atoms with van der Waals surface area (Å²) in [7, 11) is 0. The molecule has 2 N–H and O–H groups in total. The van der Waals surface area contributed by atoms with E-state index < -0.39 is 12.2 Å². The van der Waals surface area contributed by atoms with Gasteiger partial charge in [-0.25, -0.2) is 4.68 Å². The molecular weight excluding hydrogens is 218 g/mol. The topological polar surface area (TPSA) is 71.2 Å². The average molecular weight is 233 g/mol. The highest BCUT2D eigenvalue weighted by molar-refractivity contribution is 5.32. The van der Waals surface area contributed by atoms with Crippen molar-refractivity contribution in [1.29, 1.82) is 0 Å². The van der Waals surface area contributed by atoms with Gasteiger partial charge in [-0.3, -0.25) is 0 Å². The third-order valence-electron chi connectivity index (χ3n) is 2.66. The van der Waals surface area contributed by atoms with Gasteiger partial charge in [-0.15, -0.1) is 5.10 Å². The molecule has 5 nitrogen and oxygen atoms in total. The van der Waals surface area contributed by atoms with Gasteiger partial charge >= 0.3 is 0 Å². The molecule has 5 heteroatoms. The lowest BCUT2D eigenvalue weighted by Crippen LogP contribution is -2.20. The van der Waals surface area contributed by atoms with Crippen molar-refractivity contribution in [2.75, 3.05) is 0 Å². The highest BCUT2D eigenvalue weighted by Gasteiger charge is 2.21. The van der Waals surface area contributed by atoms with Crippen LogP contribution in [0.5, 0.6) is 0 Å². The molecule has 17 heavy (non-hydrogen) atoms. The first-order chi connectivity index (χ1) is 8.24. The van der Waals surface area contributed by atoms with Gasteiger partial charge < -0.3 is 10.2 Å². The largest absolute Gasteiger partial charge is 0.390 e. The quantitative estimate of drug-likeness (QED) is 0.828. The standard InChI is InChI=1S/C12H15N3O2/c1-2-11(16)12(17)10-8-13-14-15(10)9-6-4-3-5-7-9/h3-8,11-12,16-17H,2H2,1H3. The zero-order valence-electron chi connectivity index (χ0n) is 9.56. The zero-order valence-corrected chi connectivity index (χ0v) is 9.56. The molecule has 1 heterocycles. The van der Waals surface area contributed by atoms with Crippen LogP contribution in [0, 0.1) is 0 Å². The van der Waals surface area contributed by atoms with E-state index in [0.29, 0.717) is 12.1 Å². The molecule has 1 aromatic carbocycles. The second-order valence-electron chi connectivity index (χ2n) is 3.83. The van der Waals surface area contributed by atoms with Gasteiger partial charge in [0.05, 0.1) is 23.7 Å². The third-order valence-corrected chi connectivity index (χ3v) is 2.66. The van der Waals surface area contributed by atoms with Crippen LogP contribution >= 0.6 is 0 Å². The Labute approximate surface area is 99.3 Å². The van der Waals surface area contributed by atoms with Crippen LogP contribution in [0.25, 0.3) is 5.69 Å². The molecule has 0 bridgehead atoms. The third kappa shape index (κ3) is 2.35. The Morgan fingerprint density at radius 1 is 1.24 bits per heavy atom. The van der Waals surface area contributed by atoms with E-state index in [2.05, 4.69) is 10.3 Å². The van der Waals surface area contributed by atoms with E-state index in [0.717, 1.165) is 5.69 Å². The van der Waals surface area contributed by atoms with Crippen LogP contribution in [0.15, 0.2) is 36.5 Å². The number of nitrogens with zero attached hydrogens (tertiary/aromatic N) is 3. The number of hydrogen-bond donors (Lipinski definition) is 2. The van der Waals surface area contributed by atoms with Gasteiger partial charge in [0.15, 0.2) is 0 Å². The molecule has 0 saturated carbocycles. The smallest absolute Gasteiger partial charge is 0.123 e. The first-order valence-corrected chi connectivity index (χ1v) is 5.56. The van der Waals surface area contributed by atoms with E-state index in [1.165, 1.54) is 10.9 Å². The molecule has 1 aromatic heterocycles. The van der Waals surface area contributed by atoms with Gasteiger partial charge in [-0.1, -0.05) is 30.3 Å². The lowest BCUT2D eigenvalue weighted by Gasteiger charge is -2.16. The molecule has 0 aliphatic heterocycles. The SMILES string of the molecule is CCC(O)C(O)c1cnnn1-c1ccccc1. The van der Waals surface area contributed by atoms with Crippen molar-refractivity contribution in [3.63, 3.8) is 0 Å². The van der Waals surface area contributed by atoms with Crippen molar-refractivity contribution < 1.29 is 10.2 Å². The van der Waals surface area contributed by atoms with Crippen LogP contribution in [-0.2, 0) is 0 Å². The number of benzene rings is 1. The summed E-state index contributed by atoms with van der Waals surface area (Å²) >= 11 is 0. The van der Waals surface area contributed by atoms with E-state index in [9.17, 15) is 10.2 Å². The van der Waals surface area contributed by atoms with E-state index >= 15 is 0 Å². The maximum Gasteiger partial charge on any atom is 0.123 e. The summed E-state index contributed by atoms with van der Waals surface area (Å²) < 4.78 is 1.53. The maximum absolute atomic E-state index is 9.97. The van der Waals surface area contributed by atoms with E-state index in [1.54, 1.807) is 0 Å². The molecule has 0 fully saturated rings. The number of aliphatic hydroxyl groups excluding tert-OH is 2. The number of hydrogen-bond acceptors (Lipinski definition) is 4.